The van der Waals surface area contributed by atoms with Gasteiger partial charge in [0.1, 0.15) is 16.5 Å². The molecule has 30 heavy (non-hydrogen) atoms. The van der Waals surface area contributed by atoms with Crippen LogP contribution in [-0.2, 0) is 11.0 Å². The van der Waals surface area contributed by atoms with Crippen LogP contribution < -0.4 is 10.6 Å². The quantitative estimate of drug-likeness (QED) is 0.606. The molecule has 3 heterocycles. The number of anilines is 3. The van der Waals surface area contributed by atoms with Gasteiger partial charge in [-0.3, -0.25) is 0 Å². The fourth-order valence-electron chi connectivity index (χ4n) is 3.57. The molecule has 0 spiro atoms. The van der Waals surface area contributed by atoms with Crippen LogP contribution in [0.2, 0.25) is 5.02 Å². The van der Waals surface area contributed by atoms with Crippen molar-refractivity contribution in [1.82, 2.24) is 15.1 Å². The average Bonchev–Trinajstić information content (AvgIpc) is 3.24. The monoisotopic (exact) mass is 423 g/mol. The van der Waals surface area contributed by atoms with E-state index in [1.807, 2.05) is 23.1 Å². The number of aliphatic hydroxyl groups is 1. The summed E-state index contributed by atoms with van der Waals surface area (Å²) in [5.74, 6) is 7.27. The van der Waals surface area contributed by atoms with Crippen LogP contribution in [0.15, 0.2) is 35.0 Å². The van der Waals surface area contributed by atoms with E-state index < -0.39 is 5.60 Å². The van der Waals surface area contributed by atoms with Gasteiger partial charge in [-0.2, -0.15) is 4.98 Å². The van der Waals surface area contributed by atoms with Crippen molar-refractivity contribution in [2.45, 2.75) is 38.7 Å². The fraction of sp³-hybridized carbons (Fsp3) is 0.318. The first-order valence-electron chi connectivity index (χ1n) is 9.46. The third-order valence-electron chi connectivity index (χ3n) is 5.15. The van der Waals surface area contributed by atoms with Crippen molar-refractivity contribution < 1.29 is 9.63 Å². The Labute approximate surface area is 179 Å². The summed E-state index contributed by atoms with van der Waals surface area (Å²) in [5, 5.41) is 15.0. The number of fused-ring (bicyclic) bond motifs is 1. The summed E-state index contributed by atoms with van der Waals surface area (Å²) >= 11 is 6.37. The van der Waals surface area contributed by atoms with Gasteiger partial charge in [0.25, 0.3) is 0 Å². The van der Waals surface area contributed by atoms with E-state index in [2.05, 4.69) is 40.8 Å². The Morgan fingerprint density at radius 3 is 2.80 bits per heavy atom. The van der Waals surface area contributed by atoms with Gasteiger partial charge in [0, 0.05) is 29.3 Å². The predicted molar refractivity (Wildman–Crippen MR) is 116 cm³/mol. The zero-order valence-electron chi connectivity index (χ0n) is 17.2. The van der Waals surface area contributed by atoms with Crippen molar-refractivity contribution in [2.75, 3.05) is 17.2 Å². The van der Waals surface area contributed by atoms with E-state index in [-0.39, 0.29) is 11.4 Å². The van der Waals surface area contributed by atoms with Crippen molar-refractivity contribution in [3.05, 3.63) is 58.1 Å². The summed E-state index contributed by atoms with van der Waals surface area (Å²) < 4.78 is 5.05. The molecule has 1 unspecified atom stereocenters. The van der Waals surface area contributed by atoms with E-state index in [4.69, 9.17) is 21.9 Å². The maximum absolute atomic E-state index is 10.7. The second kappa shape index (κ2) is 7.01. The molecule has 1 aliphatic rings. The Balaban J connectivity index is 1.75. The Hall–Kier alpha value is -3.08. The standard InChI is InChI=1S/C22H22ClN5O2/c1-13-9-18(27-30-13)22(4,29)8-7-14-5-6-15-17(10-14)28(12-21(15,2)3)19-16(23)11-25-20(24)26-19/h5-6,9-11,29H,12H2,1-4H3,(H2,24,25,26). The van der Waals surface area contributed by atoms with Crippen molar-refractivity contribution in [1.29, 1.82) is 0 Å². The summed E-state index contributed by atoms with van der Waals surface area (Å²) in [6, 6.07) is 7.63. The number of hydrogen-bond donors (Lipinski definition) is 2. The highest BCUT2D eigenvalue weighted by molar-refractivity contribution is 6.33. The van der Waals surface area contributed by atoms with Crippen molar-refractivity contribution in [3.63, 3.8) is 0 Å². The van der Waals surface area contributed by atoms with E-state index in [0.717, 1.165) is 16.8 Å². The van der Waals surface area contributed by atoms with Gasteiger partial charge in [-0.25, -0.2) is 4.98 Å². The highest BCUT2D eigenvalue weighted by Crippen LogP contribution is 2.45. The summed E-state index contributed by atoms with van der Waals surface area (Å²) in [4.78, 5) is 10.3. The minimum Gasteiger partial charge on any atom is -0.372 e. The van der Waals surface area contributed by atoms with Crippen LogP contribution in [0, 0.1) is 18.8 Å². The fourth-order valence-corrected chi connectivity index (χ4v) is 3.77. The van der Waals surface area contributed by atoms with Crippen LogP contribution >= 0.6 is 11.6 Å². The van der Waals surface area contributed by atoms with Gasteiger partial charge < -0.3 is 20.3 Å². The molecular weight excluding hydrogens is 402 g/mol. The normalized spacial score (nSPS) is 16.5. The van der Waals surface area contributed by atoms with Crippen molar-refractivity contribution in [3.8, 4) is 11.8 Å². The molecule has 0 saturated heterocycles. The lowest BCUT2D eigenvalue weighted by Gasteiger charge is -2.22. The van der Waals surface area contributed by atoms with Gasteiger partial charge in [-0.15, -0.1) is 0 Å². The number of rotatable bonds is 2. The molecule has 7 nitrogen and oxygen atoms in total. The number of nitrogens with zero attached hydrogens (tertiary/aromatic N) is 4. The molecule has 154 valence electrons. The van der Waals surface area contributed by atoms with Crippen LogP contribution in [0.1, 0.15) is 43.4 Å². The number of aryl methyl sites for hydroxylation is 1. The third-order valence-corrected chi connectivity index (χ3v) is 5.41. The Kier molecular flexibility index (Phi) is 4.72. The molecule has 0 amide bonds. The third kappa shape index (κ3) is 3.60. The molecule has 0 aliphatic carbocycles. The van der Waals surface area contributed by atoms with E-state index in [1.54, 1.807) is 19.9 Å². The zero-order valence-corrected chi connectivity index (χ0v) is 17.9. The minimum atomic E-state index is -1.43. The highest BCUT2D eigenvalue weighted by Gasteiger charge is 2.37. The number of halogens is 1. The highest BCUT2D eigenvalue weighted by atomic mass is 35.5. The maximum atomic E-state index is 10.7. The first-order valence-corrected chi connectivity index (χ1v) is 9.84. The van der Waals surface area contributed by atoms with Gasteiger partial charge in [0.2, 0.25) is 5.95 Å². The van der Waals surface area contributed by atoms with Crippen molar-refractivity contribution in [2.24, 2.45) is 0 Å². The van der Waals surface area contributed by atoms with Gasteiger partial charge in [-0.05, 0) is 31.5 Å². The smallest absolute Gasteiger partial charge is 0.222 e. The lowest BCUT2D eigenvalue weighted by atomic mass is 9.86. The molecule has 2 aromatic heterocycles. The summed E-state index contributed by atoms with van der Waals surface area (Å²) in [6.07, 6.45) is 1.50. The molecule has 1 atom stereocenters. The van der Waals surface area contributed by atoms with Crippen LogP contribution in [0.3, 0.4) is 0 Å². The van der Waals surface area contributed by atoms with E-state index in [1.165, 1.54) is 6.20 Å². The molecule has 0 fully saturated rings. The summed E-state index contributed by atoms with van der Waals surface area (Å²) in [6.45, 7) is 8.36. The molecule has 0 radical (unpaired) electrons. The van der Waals surface area contributed by atoms with Crippen LogP contribution in [0.25, 0.3) is 0 Å². The van der Waals surface area contributed by atoms with Crippen LogP contribution in [-0.4, -0.2) is 26.8 Å². The largest absolute Gasteiger partial charge is 0.372 e. The Morgan fingerprint density at radius 1 is 1.33 bits per heavy atom. The Morgan fingerprint density at radius 2 is 2.10 bits per heavy atom. The number of benzene rings is 1. The first kappa shape index (κ1) is 20.2. The predicted octanol–water partition coefficient (Wildman–Crippen LogP) is 3.70. The topological polar surface area (TPSA) is 101 Å². The summed E-state index contributed by atoms with van der Waals surface area (Å²) in [7, 11) is 0. The molecule has 1 aliphatic heterocycles. The number of nitrogens with two attached hydrogens (primary N) is 1. The number of aromatic nitrogens is 3. The van der Waals surface area contributed by atoms with Crippen molar-refractivity contribution >= 4 is 29.1 Å². The van der Waals surface area contributed by atoms with Crippen LogP contribution in [0.4, 0.5) is 17.5 Å². The molecule has 3 N–H and O–H groups in total. The van der Waals surface area contributed by atoms with E-state index >= 15 is 0 Å². The molecule has 3 aromatic rings. The van der Waals surface area contributed by atoms with Crippen LogP contribution in [0.5, 0.6) is 0 Å². The molecule has 4 rings (SSSR count). The molecule has 0 saturated carbocycles. The Bertz CT molecular complexity index is 1190. The van der Waals surface area contributed by atoms with Gasteiger partial charge in [-0.1, -0.05) is 48.5 Å². The maximum Gasteiger partial charge on any atom is 0.222 e. The van der Waals surface area contributed by atoms with Gasteiger partial charge >= 0.3 is 0 Å². The van der Waals surface area contributed by atoms with Gasteiger partial charge in [0.15, 0.2) is 11.4 Å². The van der Waals surface area contributed by atoms with Gasteiger partial charge in [0.05, 0.1) is 6.20 Å². The summed E-state index contributed by atoms with van der Waals surface area (Å²) in [5.41, 5.74) is 7.47. The first-order chi connectivity index (χ1) is 14.1. The zero-order chi connectivity index (χ0) is 21.7. The molecule has 0 bridgehead atoms. The second-order valence-corrected chi connectivity index (χ2v) is 8.65. The minimum absolute atomic E-state index is 0.117. The SMILES string of the molecule is Cc1cc(C(C)(O)C#Cc2ccc3c(c2)N(c2nc(N)ncc2Cl)CC3(C)C)no1. The molecule has 1 aromatic carbocycles. The van der Waals surface area contributed by atoms with E-state index in [0.29, 0.717) is 28.8 Å². The molecular formula is C22H22ClN5O2. The molecule has 8 heteroatoms. The lowest BCUT2D eigenvalue weighted by Crippen LogP contribution is -2.26. The number of nitrogen functional groups attached to an aromatic ring is 1. The average molecular weight is 424 g/mol. The van der Waals surface area contributed by atoms with E-state index in [9.17, 15) is 5.11 Å². The number of hydrogen-bond acceptors (Lipinski definition) is 7. The second-order valence-electron chi connectivity index (χ2n) is 8.25. The lowest BCUT2D eigenvalue weighted by molar-refractivity contribution is 0.112.